The number of hydrogen-bond donors (Lipinski definition) is 3. The molecule has 2 unspecified atom stereocenters. The third kappa shape index (κ3) is 6.87. The Bertz CT molecular complexity index is 538. The van der Waals surface area contributed by atoms with Gasteiger partial charge in [-0.3, -0.25) is 0 Å². The van der Waals surface area contributed by atoms with E-state index in [-0.39, 0.29) is 0 Å². The first kappa shape index (κ1) is 21.2. The Morgan fingerprint density at radius 3 is 2.69 bits per heavy atom. The number of rotatable bonds is 8. The van der Waals surface area contributed by atoms with Gasteiger partial charge in [0.2, 0.25) is 0 Å². The molecule has 7 heteroatoms. The Labute approximate surface area is 162 Å². The smallest absolute Gasteiger partial charge is 0.191 e. The molecule has 6 nitrogen and oxygen atoms in total. The first-order chi connectivity index (χ1) is 12.4. The maximum absolute atomic E-state index is 10.6. The van der Waals surface area contributed by atoms with Crippen LogP contribution in [0.15, 0.2) is 22.5 Å². The zero-order valence-corrected chi connectivity index (χ0v) is 17.5. The van der Waals surface area contributed by atoms with Gasteiger partial charge in [0, 0.05) is 50.7 Å². The van der Waals surface area contributed by atoms with Gasteiger partial charge in [-0.05, 0) is 38.3 Å². The summed E-state index contributed by atoms with van der Waals surface area (Å²) in [6, 6.07) is 3.92. The van der Waals surface area contributed by atoms with Crippen molar-refractivity contribution >= 4 is 17.3 Å². The van der Waals surface area contributed by atoms with Crippen molar-refractivity contribution in [1.29, 1.82) is 0 Å². The summed E-state index contributed by atoms with van der Waals surface area (Å²) in [4.78, 5) is 10.5. The van der Waals surface area contributed by atoms with Crippen molar-refractivity contribution in [3.05, 3.63) is 22.4 Å². The summed E-state index contributed by atoms with van der Waals surface area (Å²) in [5, 5.41) is 19.3. The summed E-state index contributed by atoms with van der Waals surface area (Å²) in [7, 11) is 2.19. The van der Waals surface area contributed by atoms with Gasteiger partial charge in [-0.1, -0.05) is 13.0 Å². The number of thiophene rings is 1. The van der Waals surface area contributed by atoms with Crippen molar-refractivity contribution in [2.24, 2.45) is 10.9 Å². The van der Waals surface area contributed by atoms with Crippen LogP contribution in [0.1, 0.15) is 25.6 Å². The minimum atomic E-state index is -0.929. The molecular formula is C19H35N5OS. The standard InChI is InChI=1S/C19H35N5OS/c1-5-20-18(22-15-19(3,25)17-7-6-12-26-17)21-13-16(2)14-24-10-8-23(4)9-11-24/h6-7,12,16,25H,5,8-11,13-15H2,1-4H3,(H2,20,21,22). The summed E-state index contributed by atoms with van der Waals surface area (Å²) in [6.45, 7) is 13.9. The summed E-state index contributed by atoms with van der Waals surface area (Å²) < 4.78 is 0. The monoisotopic (exact) mass is 381 g/mol. The fourth-order valence-electron chi connectivity index (χ4n) is 3.04. The highest BCUT2D eigenvalue weighted by molar-refractivity contribution is 7.10. The van der Waals surface area contributed by atoms with Crippen molar-refractivity contribution < 1.29 is 5.11 Å². The molecule has 0 aromatic carbocycles. The highest BCUT2D eigenvalue weighted by Gasteiger charge is 2.24. The lowest BCUT2D eigenvalue weighted by Crippen LogP contribution is -2.47. The van der Waals surface area contributed by atoms with Crippen LogP contribution < -0.4 is 10.6 Å². The van der Waals surface area contributed by atoms with Crippen LogP contribution in [0.5, 0.6) is 0 Å². The number of hydrogen-bond acceptors (Lipinski definition) is 5. The van der Waals surface area contributed by atoms with E-state index >= 15 is 0 Å². The van der Waals surface area contributed by atoms with Gasteiger partial charge in [-0.15, -0.1) is 11.3 Å². The number of aliphatic imine (C=N–C) groups is 1. The summed E-state index contributed by atoms with van der Waals surface area (Å²) in [5.74, 6) is 1.31. The Kier molecular flexibility index (Phi) is 8.34. The van der Waals surface area contributed by atoms with E-state index in [2.05, 4.69) is 46.3 Å². The summed E-state index contributed by atoms with van der Waals surface area (Å²) in [6.07, 6.45) is 0. The van der Waals surface area contributed by atoms with Crippen molar-refractivity contribution in [1.82, 2.24) is 20.4 Å². The Balaban J connectivity index is 1.81. The lowest BCUT2D eigenvalue weighted by Gasteiger charge is -2.34. The Hall–Kier alpha value is -1.15. The van der Waals surface area contributed by atoms with E-state index < -0.39 is 5.60 Å². The van der Waals surface area contributed by atoms with E-state index in [0.29, 0.717) is 12.5 Å². The second kappa shape index (κ2) is 10.3. The average Bonchev–Trinajstić information content (AvgIpc) is 3.15. The quantitative estimate of drug-likeness (QED) is 0.469. The molecule has 1 aromatic heterocycles. The van der Waals surface area contributed by atoms with E-state index in [1.165, 1.54) is 0 Å². The highest BCUT2D eigenvalue weighted by Crippen LogP contribution is 2.25. The zero-order chi connectivity index (χ0) is 19.0. The highest BCUT2D eigenvalue weighted by atomic mass is 32.1. The second-order valence-corrected chi connectivity index (χ2v) is 8.48. The number of nitrogens with one attached hydrogen (secondary N) is 2. The average molecular weight is 382 g/mol. The number of guanidine groups is 1. The Morgan fingerprint density at radius 1 is 1.35 bits per heavy atom. The van der Waals surface area contributed by atoms with Crippen LogP contribution in [-0.4, -0.2) is 80.3 Å². The van der Waals surface area contributed by atoms with Crippen LogP contribution in [0.3, 0.4) is 0 Å². The zero-order valence-electron chi connectivity index (χ0n) is 16.7. The summed E-state index contributed by atoms with van der Waals surface area (Å²) >= 11 is 1.56. The molecule has 1 fully saturated rings. The maximum atomic E-state index is 10.6. The van der Waals surface area contributed by atoms with Crippen molar-refractivity contribution in [3.63, 3.8) is 0 Å². The molecule has 1 aromatic rings. The molecule has 0 saturated carbocycles. The molecule has 1 aliphatic rings. The fourth-order valence-corrected chi connectivity index (χ4v) is 3.82. The van der Waals surface area contributed by atoms with Crippen LogP contribution in [0.2, 0.25) is 0 Å². The number of aliphatic hydroxyl groups is 1. The van der Waals surface area contributed by atoms with Crippen molar-refractivity contribution in [2.45, 2.75) is 26.4 Å². The SMILES string of the molecule is CCNC(=NCC(C)(O)c1cccs1)NCC(C)CN1CCN(C)CC1. The van der Waals surface area contributed by atoms with Gasteiger partial charge in [0.1, 0.15) is 5.60 Å². The van der Waals surface area contributed by atoms with Gasteiger partial charge in [0.15, 0.2) is 5.96 Å². The van der Waals surface area contributed by atoms with Gasteiger partial charge in [-0.2, -0.15) is 0 Å². The van der Waals surface area contributed by atoms with Gasteiger partial charge in [0.25, 0.3) is 0 Å². The predicted molar refractivity (Wildman–Crippen MR) is 111 cm³/mol. The Morgan fingerprint density at radius 2 is 2.08 bits per heavy atom. The van der Waals surface area contributed by atoms with E-state index in [4.69, 9.17) is 0 Å². The van der Waals surface area contributed by atoms with E-state index in [1.54, 1.807) is 11.3 Å². The van der Waals surface area contributed by atoms with Crippen molar-refractivity contribution in [2.75, 3.05) is 59.4 Å². The van der Waals surface area contributed by atoms with Crippen LogP contribution >= 0.6 is 11.3 Å². The fraction of sp³-hybridized carbons (Fsp3) is 0.737. The van der Waals surface area contributed by atoms with Gasteiger partial charge >= 0.3 is 0 Å². The summed E-state index contributed by atoms with van der Waals surface area (Å²) in [5.41, 5.74) is -0.929. The molecule has 0 radical (unpaired) electrons. The second-order valence-electron chi connectivity index (χ2n) is 7.54. The molecule has 3 N–H and O–H groups in total. The lowest BCUT2D eigenvalue weighted by atomic mass is 10.1. The first-order valence-electron chi connectivity index (χ1n) is 9.60. The molecule has 2 rings (SSSR count). The molecule has 0 aliphatic carbocycles. The molecule has 148 valence electrons. The van der Waals surface area contributed by atoms with Gasteiger partial charge in [-0.25, -0.2) is 4.99 Å². The molecule has 0 spiro atoms. The third-order valence-electron chi connectivity index (χ3n) is 4.73. The van der Waals surface area contributed by atoms with Gasteiger partial charge < -0.3 is 25.5 Å². The molecule has 0 amide bonds. The molecule has 0 bridgehead atoms. The number of likely N-dealkylation sites (N-methyl/N-ethyl adjacent to an activating group) is 1. The minimum Gasteiger partial charge on any atom is -0.383 e. The molecule has 26 heavy (non-hydrogen) atoms. The van der Waals surface area contributed by atoms with E-state index in [0.717, 1.165) is 56.6 Å². The molecular weight excluding hydrogens is 346 g/mol. The number of piperazine rings is 1. The van der Waals surface area contributed by atoms with Crippen LogP contribution in [-0.2, 0) is 5.60 Å². The normalized spacial score (nSPS) is 20.6. The minimum absolute atomic E-state index is 0.343. The third-order valence-corrected chi connectivity index (χ3v) is 5.85. The van der Waals surface area contributed by atoms with Crippen LogP contribution in [0, 0.1) is 5.92 Å². The maximum Gasteiger partial charge on any atom is 0.191 e. The van der Waals surface area contributed by atoms with E-state index in [9.17, 15) is 5.11 Å². The topological polar surface area (TPSA) is 63.1 Å². The van der Waals surface area contributed by atoms with Gasteiger partial charge in [0.05, 0.1) is 6.54 Å². The molecule has 2 atom stereocenters. The number of nitrogens with zero attached hydrogens (tertiary/aromatic N) is 3. The molecule has 1 saturated heterocycles. The molecule has 1 aliphatic heterocycles. The first-order valence-corrected chi connectivity index (χ1v) is 10.5. The van der Waals surface area contributed by atoms with E-state index in [1.807, 2.05) is 24.4 Å². The van der Waals surface area contributed by atoms with Crippen molar-refractivity contribution in [3.8, 4) is 0 Å². The molecule has 2 heterocycles. The van der Waals surface area contributed by atoms with Crippen LogP contribution in [0.25, 0.3) is 0 Å². The predicted octanol–water partition coefficient (Wildman–Crippen LogP) is 1.39. The lowest BCUT2D eigenvalue weighted by molar-refractivity contribution is 0.0711. The largest absolute Gasteiger partial charge is 0.383 e. The van der Waals surface area contributed by atoms with Crippen LogP contribution in [0.4, 0.5) is 0 Å².